The average molecular weight is 465 g/mol. The summed E-state index contributed by atoms with van der Waals surface area (Å²) in [6, 6.07) is 11.5. The fourth-order valence-corrected chi connectivity index (χ4v) is 5.55. The summed E-state index contributed by atoms with van der Waals surface area (Å²) in [4.78, 5) is 26.5. The van der Waals surface area contributed by atoms with Gasteiger partial charge in [-0.3, -0.25) is 4.79 Å². The van der Waals surface area contributed by atoms with Gasteiger partial charge in [-0.05, 0) is 36.2 Å². The molecule has 0 spiro atoms. The monoisotopic (exact) mass is 464 g/mol. The number of carbonyl (C=O) groups is 2. The van der Waals surface area contributed by atoms with Crippen LogP contribution in [0.25, 0.3) is 0 Å². The van der Waals surface area contributed by atoms with Gasteiger partial charge in [0, 0.05) is 25.3 Å². The van der Waals surface area contributed by atoms with Gasteiger partial charge in [-0.15, -0.1) is 0 Å². The minimum absolute atomic E-state index is 0.00542. The van der Waals surface area contributed by atoms with Gasteiger partial charge in [-0.2, -0.15) is 4.31 Å². The molecule has 0 atom stereocenters. The van der Waals surface area contributed by atoms with Crippen LogP contribution in [-0.2, 0) is 30.7 Å². The average Bonchev–Trinajstić information content (AvgIpc) is 3.22. The van der Waals surface area contributed by atoms with Crippen LogP contribution in [0.2, 0.25) is 5.02 Å². The van der Waals surface area contributed by atoms with Gasteiger partial charge in [0.1, 0.15) is 4.90 Å². The smallest absolute Gasteiger partial charge is 0.338 e. The Morgan fingerprint density at radius 3 is 2.58 bits per heavy atom. The molecular weight excluding hydrogens is 444 g/mol. The number of sulfonamides is 1. The summed E-state index contributed by atoms with van der Waals surface area (Å²) in [6.45, 7) is 1.08. The molecule has 10 heteroatoms. The summed E-state index contributed by atoms with van der Waals surface area (Å²) in [5, 5.41) is 0.00721. The largest absolute Gasteiger partial charge is 0.452 e. The number of esters is 1. The van der Waals surface area contributed by atoms with E-state index in [9.17, 15) is 18.0 Å². The second kappa shape index (κ2) is 8.96. The Labute approximate surface area is 185 Å². The van der Waals surface area contributed by atoms with Crippen LogP contribution in [0.3, 0.4) is 0 Å². The minimum atomic E-state index is -3.89. The quantitative estimate of drug-likeness (QED) is 0.629. The third kappa shape index (κ3) is 4.45. The Morgan fingerprint density at radius 1 is 1.06 bits per heavy atom. The van der Waals surface area contributed by atoms with Crippen LogP contribution < -0.4 is 4.90 Å². The van der Waals surface area contributed by atoms with E-state index in [2.05, 4.69) is 0 Å². The van der Waals surface area contributed by atoms with Crippen molar-refractivity contribution >= 4 is 39.2 Å². The van der Waals surface area contributed by atoms with Crippen molar-refractivity contribution in [1.82, 2.24) is 4.31 Å². The molecule has 2 aromatic rings. The summed E-state index contributed by atoms with van der Waals surface area (Å²) in [5.74, 6) is -1.13. The van der Waals surface area contributed by atoms with Crippen molar-refractivity contribution in [2.24, 2.45) is 0 Å². The Bertz CT molecular complexity index is 1110. The molecule has 1 saturated heterocycles. The number of ether oxygens (including phenoxy) is 2. The van der Waals surface area contributed by atoms with Crippen molar-refractivity contribution in [2.75, 3.05) is 44.4 Å². The molecule has 0 radical (unpaired) electrons. The number of carbonyl (C=O) groups excluding carboxylic acids is 2. The minimum Gasteiger partial charge on any atom is -0.452 e. The van der Waals surface area contributed by atoms with E-state index in [4.69, 9.17) is 21.1 Å². The van der Waals surface area contributed by atoms with Crippen molar-refractivity contribution in [3.05, 3.63) is 58.6 Å². The van der Waals surface area contributed by atoms with Crippen LogP contribution in [0.5, 0.6) is 0 Å². The van der Waals surface area contributed by atoms with Crippen molar-refractivity contribution in [1.29, 1.82) is 0 Å². The van der Waals surface area contributed by atoms with Gasteiger partial charge in [0.25, 0.3) is 5.91 Å². The van der Waals surface area contributed by atoms with Gasteiger partial charge in [-0.1, -0.05) is 29.8 Å². The van der Waals surface area contributed by atoms with Crippen LogP contribution in [0, 0.1) is 0 Å². The molecule has 2 heterocycles. The lowest BCUT2D eigenvalue weighted by atomic mass is 10.2. The lowest BCUT2D eigenvalue weighted by molar-refractivity contribution is -0.121. The van der Waals surface area contributed by atoms with Gasteiger partial charge in [-0.25, -0.2) is 13.2 Å². The van der Waals surface area contributed by atoms with Crippen LogP contribution in [-0.4, -0.2) is 64.1 Å². The highest BCUT2D eigenvalue weighted by Gasteiger charge is 2.30. The number of hydrogen-bond donors (Lipinski definition) is 0. The molecule has 2 aliphatic heterocycles. The molecule has 8 nitrogen and oxygen atoms in total. The predicted octanol–water partition coefficient (Wildman–Crippen LogP) is 2.11. The van der Waals surface area contributed by atoms with Crippen molar-refractivity contribution in [3.63, 3.8) is 0 Å². The molecule has 0 aliphatic carbocycles. The number of hydrogen-bond acceptors (Lipinski definition) is 6. The van der Waals surface area contributed by atoms with Crippen molar-refractivity contribution in [2.45, 2.75) is 11.3 Å². The number of fused-ring (bicyclic) bond motifs is 1. The first kappa shape index (κ1) is 21.8. The molecule has 0 bridgehead atoms. The molecule has 0 N–H and O–H groups in total. The Balaban J connectivity index is 1.46. The molecular formula is C21H21ClN2O6S. The zero-order chi connectivity index (χ0) is 22.0. The SMILES string of the molecule is O=C(OCC(=O)N1CCc2ccccc21)c1ccc(Cl)c(S(=O)(=O)N2CCOCC2)c1. The zero-order valence-electron chi connectivity index (χ0n) is 16.6. The second-order valence-corrected chi connectivity index (χ2v) is 9.48. The normalized spacial score (nSPS) is 16.7. The highest BCUT2D eigenvalue weighted by Crippen LogP contribution is 2.28. The van der Waals surface area contributed by atoms with E-state index in [0.717, 1.165) is 17.7 Å². The lowest BCUT2D eigenvalue weighted by Gasteiger charge is -2.26. The van der Waals surface area contributed by atoms with Crippen LogP contribution in [0.4, 0.5) is 5.69 Å². The first-order valence-electron chi connectivity index (χ1n) is 9.81. The number of benzene rings is 2. The topological polar surface area (TPSA) is 93.2 Å². The maximum atomic E-state index is 12.9. The fraction of sp³-hybridized carbons (Fsp3) is 0.333. The molecule has 4 rings (SSSR count). The third-order valence-electron chi connectivity index (χ3n) is 5.27. The van der Waals surface area contributed by atoms with Crippen LogP contribution in [0.1, 0.15) is 15.9 Å². The second-order valence-electron chi connectivity index (χ2n) is 7.16. The Kier molecular flexibility index (Phi) is 6.29. The third-order valence-corrected chi connectivity index (χ3v) is 7.65. The standard InChI is InChI=1S/C21H21ClN2O6S/c22-17-6-5-16(13-19(17)31(27,28)23-9-11-29-12-10-23)21(26)30-14-20(25)24-8-7-15-3-1-2-4-18(15)24/h1-6,13H,7-12,14H2. The molecule has 164 valence electrons. The molecule has 0 aromatic heterocycles. The van der Waals surface area contributed by atoms with Crippen LogP contribution in [0.15, 0.2) is 47.4 Å². The molecule has 0 unspecified atom stereocenters. The molecule has 0 saturated carbocycles. The maximum Gasteiger partial charge on any atom is 0.338 e. The van der Waals surface area contributed by atoms with Crippen molar-refractivity contribution in [3.8, 4) is 0 Å². The van der Waals surface area contributed by atoms with Gasteiger partial charge >= 0.3 is 5.97 Å². The summed E-state index contributed by atoms with van der Waals surface area (Å²) >= 11 is 6.12. The zero-order valence-corrected chi connectivity index (χ0v) is 18.2. The molecule has 2 aromatic carbocycles. The van der Waals surface area contributed by atoms with Crippen LogP contribution >= 0.6 is 11.6 Å². The lowest BCUT2D eigenvalue weighted by Crippen LogP contribution is -2.40. The highest BCUT2D eigenvalue weighted by atomic mass is 35.5. The fourth-order valence-electron chi connectivity index (χ4n) is 3.64. The van der Waals surface area contributed by atoms with Crippen molar-refractivity contribution < 1.29 is 27.5 Å². The first-order chi connectivity index (χ1) is 14.9. The summed E-state index contributed by atoms with van der Waals surface area (Å²) in [7, 11) is -3.89. The summed E-state index contributed by atoms with van der Waals surface area (Å²) in [5.41, 5.74) is 1.89. The molecule has 1 amide bonds. The van der Waals surface area contributed by atoms with E-state index in [1.165, 1.54) is 22.5 Å². The Hall–Kier alpha value is -2.46. The van der Waals surface area contributed by atoms with E-state index in [0.29, 0.717) is 19.8 Å². The Morgan fingerprint density at radius 2 is 1.81 bits per heavy atom. The summed E-state index contributed by atoms with van der Waals surface area (Å²) < 4.78 is 37.5. The molecule has 1 fully saturated rings. The molecule has 2 aliphatic rings. The number of amides is 1. The van der Waals surface area contributed by atoms with E-state index in [1.54, 1.807) is 4.90 Å². The predicted molar refractivity (Wildman–Crippen MR) is 114 cm³/mol. The first-order valence-corrected chi connectivity index (χ1v) is 11.6. The number of nitrogens with zero attached hydrogens (tertiary/aromatic N) is 2. The highest BCUT2D eigenvalue weighted by molar-refractivity contribution is 7.89. The van der Waals surface area contributed by atoms with E-state index < -0.39 is 22.6 Å². The van der Waals surface area contributed by atoms with E-state index in [-0.39, 0.29) is 34.5 Å². The van der Waals surface area contributed by atoms with Gasteiger partial charge in [0.15, 0.2) is 6.61 Å². The maximum absolute atomic E-state index is 12.9. The van der Waals surface area contributed by atoms with E-state index in [1.807, 2.05) is 24.3 Å². The molecule has 31 heavy (non-hydrogen) atoms. The number of para-hydroxylation sites is 1. The number of halogens is 1. The number of morpholine rings is 1. The van der Waals surface area contributed by atoms with Gasteiger partial charge in [0.2, 0.25) is 10.0 Å². The van der Waals surface area contributed by atoms with Gasteiger partial charge < -0.3 is 14.4 Å². The van der Waals surface area contributed by atoms with E-state index >= 15 is 0 Å². The number of anilines is 1. The van der Waals surface area contributed by atoms with Gasteiger partial charge in [0.05, 0.1) is 23.8 Å². The number of rotatable bonds is 5. The summed E-state index contributed by atoms with van der Waals surface area (Å²) in [6.07, 6.45) is 0.746.